The standard InChI is InChI=1S/C14H18N2O/c1-16-8-6-14(7-9-16)10-11-4-2-3-5-12(11)15-13(14)17/h2-5H,6-10H2,1H3,(H,15,17). The van der Waals surface area contributed by atoms with E-state index in [9.17, 15) is 4.79 Å². The summed E-state index contributed by atoms with van der Waals surface area (Å²) in [4.78, 5) is 14.6. The number of anilines is 1. The lowest BCUT2D eigenvalue weighted by atomic mass is 9.71. The maximum atomic E-state index is 12.3. The van der Waals surface area contributed by atoms with Gasteiger partial charge in [-0.2, -0.15) is 0 Å². The zero-order valence-corrected chi connectivity index (χ0v) is 10.2. The molecule has 3 rings (SSSR count). The van der Waals surface area contributed by atoms with Crippen LogP contribution in [0.1, 0.15) is 18.4 Å². The van der Waals surface area contributed by atoms with Crippen LogP contribution in [0.2, 0.25) is 0 Å². The second-order valence-corrected chi connectivity index (χ2v) is 5.37. The zero-order chi connectivity index (χ0) is 11.9. The van der Waals surface area contributed by atoms with E-state index in [1.807, 2.05) is 12.1 Å². The van der Waals surface area contributed by atoms with Gasteiger partial charge in [0.1, 0.15) is 0 Å². The van der Waals surface area contributed by atoms with Crippen LogP contribution in [0.5, 0.6) is 0 Å². The van der Waals surface area contributed by atoms with Crippen molar-refractivity contribution in [1.29, 1.82) is 0 Å². The monoisotopic (exact) mass is 230 g/mol. The lowest BCUT2D eigenvalue weighted by Crippen LogP contribution is -2.48. The lowest BCUT2D eigenvalue weighted by molar-refractivity contribution is -0.128. The number of benzene rings is 1. The molecule has 2 heterocycles. The van der Waals surface area contributed by atoms with Crippen LogP contribution in [0, 0.1) is 5.41 Å². The van der Waals surface area contributed by atoms with E-state index in [2.05, 4.69) is 29.4 Å². The predicted octanol–water partition coefficient (Wildman–Crippen LogP) is 1.89. The molecule has 90 valence electrons. The third-order valence-corrected chi connectivity index (χ3v) is 4.22. The summed E-state index contributed by atoms with van der Waals surface area (Å²) < 4.78 is 0. The lowest BCUT2D eigenvalue weighted by Gasteiger charge is -2.42. The fourth-order valence-electron chi connectivity index (χ4n) is 2.95. The third-order valence-electron chi connectivity index (χ3n) is 4.22. The van der Waals surface area contributed by atoms with E-state index in [1.165, 1.54) is 5.56 Å². The van der Waals surface area contributed by atoms with Crippen LogP contribution in [-0.2, 0) is 11.2 Å². The summed E-state index contributed by atoms with van der Waals surface area (Å²) in [7, 11) is 2.13. The molecule has 0 atom stereocenters. The van der Waals surface area contributed by atoms with Crippen molar-refractivity contribution in [3.8, 4) is 0 Å². The molecule has 1 aromatic carbocycles. The second kappa shape index (κ2) is 3.84. The van der Waals surface area contributed by atoms with Crippen molar-refractivity contribution < 1.29 is 4.79 Å². The summed E-state index contributed by atoms with van der Waals surface area (Å²) in [6.07, 6.45) is 2.86. The molecule has 1 N–H and O–H groups in total. The van der Waals surface area contributed by atoms with E-state index in [0.717, 1.165) is 38.0 Å². The van der Waals surface area contributed by atoms with Crippen LogP contribution >= 0.6 is 0 Å². The zero-order valence-electron chi connectivity index (χ0n) is 10.2. The van der Waals surface area contributed by atoms with Gasteiger partial charge >= 0.3 is 0 Å². The molecule has 2 aliphatic heterocycles. The van der Waals surface area contributed by atoms with Gasteiger partial charge in [-0.3, -0.25) is 4.79 Å². The summed E-state index contributed by atoms with van der Waals surface area (Å²) in [5, 5.41) is 3.08. The van der Waals surface area contributed by atoms with E-state index in [1.54, 1.807) is 0 Å². The van der Waals surface area contributed by atoms with Gasteiger partial charge in [0.15, 0.2) is 0 Å². The number of para-hydroxylation sites is 1. The van der Waals surface area contributed by atoms with Gasteiger partial charge in [0.05, 0.1) is 5.41 Å². The van der Waals surface area contributed by atoms with E-state index in [0.29, 0.717) is 0 Å². The van der Waals surface area contributed by atoms with Crippen molar-refractivity contribution in [2.75, 3.05) is 25.5 Å². The molecule has 1 spiro atoms. The minimum absolute atomic E-state index is 0.152. The number of nitrogens with one attached hydrogen (secondary N) is 1. The Morgan fingerprint density at radius 2 is 1.94 bits per heavy atom. The van der Waals surface area contributed by atoms with Crippen LogP contribution in [0.4, 0.5) is 5.69 Å². The molecule has 1 saturated heterocycles. The summed E-state index contributed by atoms with van der Waals surface area (Å²) in [5.74, 6) is 0.226. The average molecular weight is 230 g/mol. The van der Waals surface area contributed by atoms with Gasteiger partial charge in [-0.25, -0.2) is 0 Å². The number of carbonyl (C=O) groups excluding carboxylic acids is 1. The fourth-order valence-corrected chi connectivity index (χ4v) is 2.95. The van der Waals surface area contributed by atoms with E-state index in [-0.39, 0.29) is 11.3 Å². The van der Waals surface area contributed by atoms with Gasteiger partial charge in [-0.15, -0.1) is 0 Å². The predicted molar refractivity (Wildman–Crippen MR) is 67.9 cm³/mol. The van der Waals surface area contributed by atoms with Gasteiger partial charge in [-0.1, -0.05) is 18.2 Å². The van der Waals surface area contributed by atoms with Crippen molar-refractivity contribution in [1.82, 2.24) is 4.90 Å². The third kappa shape index (κ3) is 1.75. The van der Waals surface area contributed by atoms with E-state index < -0.39 is 0 Å². The van der Waals surface area contributed by atoms with Crippen molar-refractivity contribution in [2.24, 2.45) is 5.41 Å². The van der Waals surface area contributed by atoms with Crippen molar-refractivity contribution in [3.63, 3.8) is 0 Å². The number of carbonyl (C=O) groups is 1. The van der Waals surface area contributed by atoms with Crippen molar-refractivity contribution >= 4 is 11.6 Å². The smallest absolute Gasteiger partial charge is 0.231 e. The van der Waals surface area contributed by atoms with Gasteiger partial charge < -0.3 is 10.2 Å². The highest BCUT2D eigenvalue weighted by molar-refractivity contribution is 5.98. The number of piperidine rings is 1. The molecule has 0 saturated carbocycles. The average Bonchev–Trinajstić information content (AvgIpc) is 2.34. The van der Waals surface area contributed by atoms with Crippen LogP contribution in [0.25, 0.3) is 0 Å². The van der Waals surface area contributed by atoms with Crippen molar-refractivity contribution in [3.05, 3.63) is 29.8 Å². The summed E-state index contributed by atoms with van der Waals surface area (Å²) >= 11 is 0. The number of likely N-dealkylation sites (tertiary alicyclic amines) is 1. The summed E-state index contributed by atoms with van der Waals surface area (Å²) in [6, 6.07) is 8.16. The molecule has 0 aliphatic carbocycles. The number of amides is 1. The highest BCUT2D eigenvalue weighted by atomic mass is 16.2. The molecule has 1 aromatic rings. The summed E-state index contributed by atoms with van der Waals surface area (Å²) in [5.41, 5.74) is 2.14. The Morgan fingerprint density at radius 1 is 1.24 bits per heavy atom. The van der Waals surface area contributed by atoms with Crippen molar-refractivity contribution in [2.45, 2.75) is 19.3 Å². The fraction of sp³-hybridized carbons (Fsp3) is 0.500. The van der Waals surface area contributed by atoms with Crippen LogP contribution < -0.4 is 5.32 Å². The summed E-state index contributed by atoms with van der Waals surface area (Å²) in [6.45, 7) is 2.05. The molecule has 0 bridgehead atoms. The number of nitrogens with zero attached hydrogens (tertiary/aromatic N) is 1. The molecule has 0 aromatic heterocycles. The Balaban J connectivity index is 1.91. The first-order chi connectivity index (χ1) is 8.20. The maximum Gasteiger partial charge on any atom is 0.231 e. The highest BCUT2D eigenvalue weighted by Gasteiger charge is 2.43. The van der Waals surface area contributed by atoms with Crippen LogP contribution in [0.3, 0.4) is 0 Å². The van der Waals surface area contributed by atoms with Gasteiger partial charge in [0.2, 0.25) is 5.91 Å². The van der Waals surface area contributed by atoms with Crippen LogP contribution in [-0.4, -0.2) is 30.9 Å². The molecule has 3 heteroatoms. The van der Waals surface area contributed by atoms with Gasteiger partial charge in [0, 0.05) is 5.69 Å². The minimum atomic E-state index is -0.152. The first kappa shape index (κ1) is 10.8. The number of fused-ring (bicyclic) bond motifs is 1. The van der Waals surface area contributed by atoms with Crippen LogP contribution in [0.15, 0.2) is 24.3 Å². The van der Waals surface area contributed by atoms with E-state index in [4.69, 9.17) is 0 Å². The quantitative estimate of drug-likeness (QED) is 0.738. The Hall–Kier alpha value is -1.35. The van der Waals surface area contributed by atoms with Gasteiger partial charge in [-0.05, 0) is 51.0 Å². The maximum absolute atomic E-state index is 12.3. The molecular weight excluding hydrogens is 212 g/mol. The normalized spacial score (nSPS) is 23.2. The topological polar surface area (TPSA) is 32.3 Å². The Labute approximate surface area is 102 Å². The molecule has 0 radical (unpaired) electrons. The first-order valence-electron chi connectivity index (χ1n) is 6.28. The molecule has 3 nitrogen and oxygen atoms in total. The number of hydrogen-bond acceptors (Lipinski definition) is 2. The number of rotatable bonds is 0. The first-order valence-corrected chi connectivity index (χ1v) is 6.28. The number of hydrogen-bond donors (Lipinski definition) is 1. The highest BCUT2D eigenvalue weighted by Crippen LogP contribution is 2.41. The Kier molecular flexibility index (Phi) is 2.44. The van der Waals surface area contributed by atoms with Gasteiger partial charge in [0.25, 0.3) is 0 Å². The molecule has 17 heavy (non-hydrogen) atoms. The molecule has 0 unspecified atom stereocenters. The molecule has 1 fully saturated rings. The minimum Gasteiger partial charge on any atom is -0.325 e. The molecular formula is C14H18N2O. The second-order valence-electron chi connectivity index (χ2n) is 5.37. The Morgan fingerprint density at radius 3 is 2.71 bits per heavy atom. The largest absolute Gasteiger partial charge is 0.325 e. The Bertz CT molecular complexity index is 447. The molecule has 2 aliphatic rings. The van der Waals surface area contributed by atoms with E-state index >= 15 is 0 Å². The SMILES string of the molecule is CN1CCC2(CC1)Cc1ccccc1NC2=O. The molecule has 1 amide bonds.